The second-order valence-electron chi connectivity index (χ2n) is 4.32. The Kier molecular flexibility index (Phi) is 4.31. The number of carboxylic acid groups (broad SMARTS) is 1. The molecule has 0 saturated carbocycles. The lowest BCUT2D eigenvalue weighted by Crippen LogP contribution is -2.26. The van der Waals surface area contributed by atoms with E-state index in [4.69, 9.17) is 16.7 Å². The zero-order valence-electron chi connectivity index (χ0n) is 10.9. The van der Waals surface area contributed by atoms with Crippen LogP contribution >= 0.6 is 11.6 Å². The number of nitrogens with zero attached hydrogens (tertiary/aromatic N) is 1. The van der Waals surface area contributed by atoms with E-state index in [2.05, 4.69) is 14.9 Å². The Morgan fingerprint density at radius 3 is 2.71 bits per heavy atom. The van der Waals surface area contributed by atoms with Gasteiger partial charge in [0.2, 0.25) is 10.0 Å². The summed E-state index contributed by atoms with van der Waals surface area (Å²) in [6.07, 6.45) is 3.08. The Balaban J connectivity index is 2.28. The summed E-state index contributed by atoms with van der Waals surface area (Å²) in [6.45, 7) is 1.66. The number of sulfonamides is 1. The third kappa shape index (κ3) is 3.41. The molecule has 7 nitrogen and oxygen atoms in total. The van der Waals surface area contributed by atoms with Crippen LogP contribution < -0.4 is 4.72 Å². The van der Waals surface area contributed by atoms with E-state index in [1.165, 1.54) is 12.3 Å². The molecule has 1 heterocycles. The SMILES string of the molecule is CC(NS(=O)(=O)c1ccc(C(=O)O)c(Cl)c1)c1cn[nH]c1. The molecule has 2 aromatic rings. The zero-order valence-corrected chi connectivity index (χ0v) is 12.4. The molecule has 112 valence electrons. The van der Waals surface area contributed by atoms with Gasteiger partial charge >= 0.3 is 5.97 Å². The second kappa shape index (κ2) is 5.84. The zero-order chi connectivity index (χ0) is 15.6. The topological polar surface area (TPSA) is 112 Å². The number of aromatic nitrogens is 2. The van der Waals surface area contributed by atoms with Crippen LogP contribution in [0.25, 0.3) is 0 Å². The van der Waals surface area contributed by atoms with Crippen molar-refractivity contribution in [2.45, 2.75) is 17.9 Å². The average molecular weight is 330 g/mol. The van der Waals surface area contributed by atoms with Crippen LogP contribution in [0.5, 0.6) is 0 Å². The van der Waals surface area contributed by atoms with Gasteiger partial charge in [-0.3, -0.25) is 5.10 Å². The molecule has 0 radical (unpaired) electrons. The molecule has 0 aliphatic heterocycles. The van der Waals surface area contributed by atoms with Crippen LogP contribution in [0.2, 0.25) is 5.02 Å². The first kappa shape index (κ1) is 15.5. The summed E-state index contributed by atoms with van der Waals surface area (Å²) in [6, 6.07) is 2.96. The lowest BCUT2D eigenvalue weighted by Gasteiger charge is -2.13. The van der Waals surface area contributed by atoms with Crippen LogP contribution in [0.3, 0.4) is 0 Å². The quantitative estimate of drug-likeness (QED) is 0.774. The maximum atomic E-state index is 12.2. The smallest absolute Gasteiger partial charge is 0.337 e. The highest BCUT2D eigenvalue weighted by atomic mass is 35.5. The van der Waals surface area contributed by atoms with Crippen molar-refractivity contribution in [3.63, 3.8) is 0 Å². The Morgan fingerprint density at radius 2 is 2.19 bits per heavy atom. The average Bonchev–Trinajstić information content (AvgIpc) is 2.91. The second-order valence-corrected chi connectivity index (χ2v) is 6.44. The number of nitrogens with one attached hydrogen (secondary N) is 2. The van der Waals surface area contributed by atoms with Crippen LogP contribution in [0, 0.1) is 0 Å². The maximum Gasteiger partial charge on any atom is 0.337 e. The third-order valence-electron chi connectivity index (χ3n) is 2.83. The number of halogens is 1. The fraction of sp³-hybridized carbons (Fsp3) is 0.167. The molecule has 1 aromatic carbocycles. The van der Waals surface area contributed by atoms with E-state index >= 15 is 0 Å². The molecule has 0 aliphatic carbocycles. The lowest BCUT2D eigenvalue weighted by atomic mass is 10.2. The Bertz CT molecular complexity index is 759. The van der Waals surface area contributed by atoms with Crippen LogP contribution in [-0.4, -0.2) is 29.7 Å². The van der Waals surface area contributed by atoms with Crippen LogP contribution in [0.1, 0.15) is 28.9 Å². The molecule has 0 aliphatic rings. The third-order valence-corrected chi connectivity index (χ3v) is 4.68. The first-order valence-corrected chi connectivity index (χ1v) is 7.71. The lowest BCUT2D eigenvalue weighted by molar-refractivity contribution is 0.0697. The summed E-state index contributed by atoms with van der Waals surface area (Å²) >= 11 is 5.78. The molecule has 0 bridgehead atoms. The van der Waals surface area contributed by atoms with Crippen LogP contribution in [0.4, 0.5) is 0 Å². The van der Waals surface area contributed by atoms with E-state index in [9.17, 15) is 13.2 Å². The van der Waals surface area contributed by atoms with Crippen molar-refractivity contribution < 1.29 is 18.3 Å². The summed E-state index contributed by atoms with van der Waals surface area (Å²) in [5, 5.41) is 15.1. The molecule has 21 heavy (non-hydrogen) atoms. The van der Waals surface area contributed by atoms with Crippen molar-refractivity contribution in [2.24, 2.45) is 0 Å². The molecule has 9 heteroatoms. The molecule has 3 N–H and O–H groups in total. The van der Waals surface area contributed by atoms with Crippen LogP contribution in [0.15, 0.2) is 35.5 Å². The largest absolute Gasteiger partial charge is 0.478 e. The van der Waals surface area contributed by atoms with E-state index in [1.54, 1.807) is 13.1 Å². The fourth-order valence-corrected chi connectivity index (χ4v) is 3.29. The van der Waals surface area contributed by atoms with Gasteiger partial charge in [0.25, 0.3) is 0 Å². The maximum absolute atomic E-state index is 12.2. The molecule has 1 unspecified atom stereocenters. The molecular weight excluding hydrogens is 318 g/mol. The number of H-pyrrole nitrogens is 1. The Hall–Kier alpha value is -1.90. The highest BCUT2D eigenvalue weighted by Gasteiger charge is 2.21. The van der Waals surface area contributed by atoms with Crippen molar-refractivity contribution >= 4 is 27.6 Å². The molecule has 0 saturated heterocycles. The summed E-state index contributed by atoms with van der Waals surface area (Å²) in [5.74, 6) is -1.22. The van der Waals surface area contributed by atoms with E-state index in [0.29, 0.717) is 5.56 Å². The van der Waals surface area contributed by atoms with Crippen molar-refractivity contribution in [3.05, 3.63) is 46.7 Å². The van der Waals surface area contributed by atoms with Crippen molar-refractivity contribution in [1.82, 2.24) is 14.9 Å². The minimum atomic E-state index is -3.82. The van der Waals surface area contributed by atoms with E-state index < -0.39 is 22.0 Å². The summed E-state index contributed by atoms with van der Waals surface area (Å²) in [7, 11) is -3.82. The molecule has 1 aromatic heterocycles. The van der Waals surface area contributed by atoms with Gasteiger partial charge in [0.05, 0.1) is 21.7 Å². The summed E-state index contributed by atoms with van der Waals surface area (Å²) in [4.78, 5) is 10.8. The number of aromatic amines is 1. The van der Waals surface area contributed by atoms with Gasteiger partial charge in [-0.15, -0.1) is 0 Å². The standard InChI is InChI=1S/C12H12ClN3O4S/c1-7(8-5-14-15-6-8)16-21(19,20)9-2-3-10(12(17)18)11(13)4-9/h2-7,16H,1H3,(H,14,15)(H,17,18). The number of hydrogen-bond acceptors (Lipinski definition) is 4. The van der Waals surface area contributed by atoms with Gasteiger partial charge in [0.15, 0.2) is 0 Å². The summed E-state index contributed by atoms with van der Waals surface area (Å²) < 4.78 is 26.9. The highest BCUT2D eigenvalue weighted by molar-refractivity contribution is 7.89. The van der Waals surface area contributed by atoms with Gasteiger partial charge in [0, 0.05) is 17.8 Å². The molecule has 0 amide bonds. The van der Waals surface area contributed by atoms with E-state index in [-0.39, 0.29) is 15.5 Å². The predicted octanol–water partition coefficient (Wildman–Crippen LogP) is 1.80. The molecule has 0 fully saturated rings. The fourth-order valence-electron chi connectivity index (χ4n) is 1.70. The van der Waals surface area contributed by atoms with Crippen molar-refractivity contribution in [1.29, 1.82) is 0 Å². The number of benzene rings is 1. The molecule has 0 spiro atoms. The summed E-state index contributed by atoms with van der Waals surface area (Å²) in [5.41, 5.74) is 0.519. The van der Waals surface area contributed by atoms with Gasteiger partial charge in [-0.2, -0.15) is 5.10 Å². The van der Waals surface area contributed by atoms with Crippen LogP contribution in [-0.2, 0) is 10.0 Å². The monoisotopic (exact) mass is 329 g/mol. The van der Waals surface area contributed by atoms with Gasteiger partial charge in [-0.25, -0.2) is 17.9 Å². The van der Waals surface area contributed by atoms with Gasteiger partial charge in [0.1, 0.15) is 0 Å². The van der Waals surface area contributed by atoms with Crippen molar-refractivity contribution in [3.8, 4) is 0 Å². The molecular formula is C12H12ClN3O4S. The number of carbonyl (C=O) groups is 1. The molecule has 2 rings (SSSR count). The number of carboxylic acids is 1. The number of hydrogen-bond donors (Lipinski definition) is 3. The molecule has 1 atom stereocenters. The minimum Gasteiger partial charge on any atom is -0.478 e. The number of rotatable bonds is 5. The van der Waals surface area contributed by atoms with E-state index in [0.717, 1.165) is 12.1 Å². The highest BCUT2D eigenvalue weighted by Crippen LogP contribution is 2.22. The van der Waals surface area contributed by atoms with Gasteiger partial charge in [-0.05, 0) is 25.1 Å². The van der Waals surface area contributed by atoms with Crippen molar-refractivity contribution in [2.75, 3.05) is 0 Å². The minimum absolute atomic E-state index is 0.104. The van der Waals surface area contributed by atoms with Gasteiger partial charge in [-0.1, -0.05) is 11.6 Å². The van der Waals surface area contributed by atoms with Gasteiger partial charge < -0.3 is 5.11 Å². The normalized spacial score (nSPS) is 13.0. The van der Waals surface area contributed by atoms with E-state index in [1.807, 2.05) is 0 Å². The first-order chi connectivity index (χ1) is 9.81. The Labute approximate surface area is 126 Å². The Morgan fingerprint density at radius 1 is 1.48 bits per heavy atom. The number of aromatic carboxylic acids is 1. The first-order valence-electron chi connectivity index (χ1n) is 5.85. The predicted molar refractivity (Wildman–Crippen MR) is 75.7 cm³/mol.